The zero-order valence-electron chi connectivity index (χ0n) is 15.6. The summed E-state index contributed by atoms with van der Waals surface area (Å²) in [6, 6.07) is 23.7. The lowest BCUT2D eigenvalue weighted by molar-refractivity contribution is 0.0698. The molecule has 0 aliphatic rings. The zero-order valence-corrected chi connectivity index (χ0v) is 15.6. The van der Waals surface area contributed by atoms with Crippen molar-refractivity contribution in [1.29, 1.82) is 0 Å². The molecule has 0 aliphatic carbocycles. The van der Waals surface area contributed by atoms with Crippen LogP contribution in [0.5, 0.6) is 0 Å². The summed E-state index contributed by atoms with van der Waals surface area (Å²) in [5.41, 5.74) is 5.23. The molecule has 0 fully saturated rings. The predicted octanol–water partition coefficient (Wildman–Crippen LogP) is 4.98. The van der Waals surface area contributed by atoms with Crippen LogP contribution in [0.1, 0.15) is 21.5 Å². The molecule has 0 amide bonds. The van der Waals surface area contributed by atoms with Gasteiger partial charge in [-0.1, -0.05) is 36.4 Å². The van der Waals surface area contributed by atoms with Crippen molar-refractivity contribution in [3.05, 3.63) is 89.5 Å². The Morgan fingerprint density at radius 1 is 0.889 bits per heavy atom. The summed E-state index contributed by atoms with van der Waals surface area (Å²) in [4.78, 5) is 13.6. The summed E-state index contributed by atoms with van der Waals surface area (Å²) in [7, 11) is 3.97. The normalized spacial score (nSPS) is 10.4. The van der Waals surface area contributed by atoms with E-state index in [4.69, 9.17) is 0 Å². The minimum absolute atomic E-state index is 0.273. The molecular formula is C23H24N2O2. The Balaban J connectivity index is 1.80. The minimum Gasteiger partial charge on any atom is -0.478 e. The molecule has 0 aromatic heterocycles. The molecule has 4 nitrogen and oxygen atoms in total. The van der Waals surface area contributed by atoms with Crippen LogP contribution in [0, 0.1) is 0 Å². The van der Waals surface area contributed by atoms with Gasteiger partial charge >= 0.3 is 5.97 Å². The fourth-order valence-electron chi connectivity index (χ4n) is 2.97. The Morgan fingerprint density at radius 2 is 1.56 bits per heavy atom. The van der Waals surface area contributed by atoms with Gasteiger partial charge in [-0.25, -0.2) is 4.79 Å². The van der Waals surface area contributed by atoms with Crippen LogP contribution in [-0.4, -0.2) is 25.2 Å². The standard InChI is InChI=1S/C23H24N2O2/c1-25(2)20-13-11-19(12-14-20)24-22-16-18(10-15-21(22)23(26)27)9-8-17-6-4-3-5-7-17/h3-7,10-16,24H,8-9H2,1-2H3,(H,26,27). The third-order valence-electron chi connectivity index (χ3n) is 4.52. The van der Waals surface area contributed by atoms with Gasteiger partial charge in [0.1, 0.15) is 0 Å². The van der Waals surface area contributed by atoms with Gasteiger partial charge in [0.25, 0.3) is 0 Å². The van der Waals surface area contributed by atoms with E-state index in [-0.39, 0.29) is 5.56 Å². The molecule has 0 spiro atoms. The molecule has 0 heterocycles. The van der Waals surface area contributed by atoms with E-state index in [1.807, 2.05) is 73.6 Å². The van der Waals surface area contributed by atoms with Gasteiger partial charge < -0.3 is 15.3 Å². The van der Waals surface area contributed by atoms with Crippen molar-refractivity contribution in [1.82, 2.24) is 0 Å². The largest absolute Gasteiger partial charge is 0.478 e. The number of aryl methyl sites for hydroxylation is 2. The SMILES string of the molecule is CN(C)c1ccc(Nc2cc(CCc3ccccc3)ccc2C(=O)O)cc1. The highest BCUT2D eigenvalue weighted by atomic mass is 16.4. The highest BCUT2D eigenvalue weighted by Gasteiger charge is 2.11. The number of hydrogen-bond donors (Lipinski definition) is 2. The van der Waals surface area contributed by atoms with Crippen LogP contribution in [0.15, 0.2) is 72.8 Å². The fourth-order valence-corrected chi connectivity index (χ4v) is 2.97. The number of rotatable bonds is 7. The number of anilines is 3. The molecular weight excluding hydrogens is 336 g/mol. The molecule has 0 radical (unpaired) electrons. The van der Waals surface area contributed by atoms with E-state index in [2.05, 4.69) is 17.4 Å². The number of benzene rings is 3. The number of hydrogen-bond acceptors (Lipinski definition) is 3. The van der Waals surface area contributed by atoms with Crippen molar-refractivity contribution in [3.63, 3.8) is 0 Å². The second-order valence-electron chi connectivity index (χ2n) is 6.74. The Kier molecular flexibility index (Phi) is 5.77. The Labute approximate surface area is 160 Å². The van der Waals surface area contributed by atoms with Gasteiger partial charge in [0, 0.05) is 25.5 Å². The Hall–Kier alpha value is -3.27. The van der Waals surface area contributed by atoms with E-state index in [0.717, 1.165) is 29.8 Å². The lowest BCUT2D eigenvalue weighted by atomic mass is 10.0. The zero-order chi connectivity index (χ0) is 19.2. The highest BCUT2D eigenvalue weighted by Crippen LogP contribution is 2.25. The molecule has 2 N–H and O–H groups in total. The molecule has 4 heteroatoms. The molecule has 0 bridgehead atoms. The van der Waals surface area contributed by atoms with Gasteiger partial charge in [0.15, 0.2) is 0 Å². The van der Waals surface area contributed by atoms with Crippen LogP contribution in [0.3, 0.4) is 0 Å². The lowest BCUT2D eigenvalue weighted by Gasteiger charge is -2.15. The number of carboxylic acids is 1. The average molecular weight is 360 g/mol. The van der Waals surface area contributed by atoms with Gasteiger partial charge in [-0.15, -0.1) is 0 Å². The van der Waals surface area contributed by atoms with Gasteiger partial charge in [0.05, 0.1) is 11.3 Å². The van der Waals surface area contributed by atoms with Crippen LogP contribution >= 0.6 is 0 Å². The molecule has 27 heavy (non-hydrogen) atoms. The molecule has 3 aromatic carbocycles. The number of nitrogens with zero attached hydrogens (tertiary/aromatic N) is 1. The van der Waals surface area contributed by atoms with E-state index >= 15 is 0 Å². The highest BCUT2D eigenvalue weighted by molar-refractivity contribution is 5.95. The molecule has 3 rings (SSSR count). The first-order valence-corrected chi connectivity index (χ1v) is 8.97. The topological polar surface area (TPSA) is 52.6 Å². The molecule has 0 saturated carbocycles. The van der Waals surface area contributed by atoms with Gasteiger partial charge in [-0.3, -0.25) is 0 Å². The van der Waals surface area contributed by atoms with E-state index in [9.17, 15) is 9.90 Å². The van der Waals surface area contributed by atoms with Gasteiger partial charge in [0.2, 0.25) is 0 Å². The van der Waals surface area contributed by atoms with E-state index in [1.165, 1.54) is 5.56 Å². The first-order chi connectivity index (χ1) is 13.0. The van der Waals surface area contributed by atoms with E-state index in [1.54, 1.807) is 6.07 Å². The summed E-state index contributed by atoms with van der Waals surface area (Å²) in [5.74, 6) is -0.933. The fraction of sp³-hybridized carbons (Fsp3) is 0.174. The van der Waals surface area contributed by atoms with Crippen LogP contribution in [0.4, 0.5) is 17.1 Å². The maximum absolute atomic E-state index is 11.6. The second kappa shape index (κ2) is 8.41. The molecule has 0 aliphatic heterocycles. The van der Waals surface area contributed by atoms with Gasteiger partial charge in [-0.2, -0.15) is 0 Å². The lowest BCUT2D eigenvalue weighted by Crippen LogP contribution is -2.08. The Bertz CT molecular complexity index is 903. The predicted molar refractivity (Wildman–Crippen MR) is 111 cm³/mol. The first-order valence-electron chi connectivity index (χ1n) is 8.97. The monoisotopic (exact) mass is 360 g/mol. The van der Waals surface area contributed by atoms with Crippen molar-refractivity contribution in [2.24, 2.45) is 0 Å². The van der Waals surface area contributed by atoms with E-state index < -0.39 is 5.97 Å². The van der Waals surface area contributed by atoms with Crippen LogP contribution < -0.4 is 10.2 Å². The van der Waals surface area contributed by atoms with Crippen molar-refractivity contribution >= 4 is 23.0 Å². The third kappa shape index (κ3) is 4.88. The summed E-state index contributed by atoms with van der Waals surface area (Å²) in [5, 5.41) is 12.8. The van der Waals surface area contributed by atoms with Crippen molar-refractivity contribution in [3.8, 4) is 0 Å². The quantitative estimate of drug-likeness (QED) is 0.624. The molecule has 0 saturated heterocycles. The summed E-state index contributed by atoms with van der Waals surface area (Å²) < 4.78 is 0. The number of carboxylic acid groups (broad SMARTS) is 1. The third-order valence-corrected chi connectivity index (χ3v) is 4.52. The smallest absolute Gasteiger partial charge is 0.337 e. The molecule has 0 atom stereocenters. The van der Waals surface area contributed by atoms with Crippen molar-refractivity contribution in [2.45, 2.75) is 12.8 Å². The maximum Gasteiger partial charge on any atom is 0.337 e. The second-order valence-corrected chi connectivity index (χ2v) is 6.74. The van der Waals surface area contributed by atoms with Crippen LogP contribution in [-0.2, 0) is 12.8 Å². The number of nitrogens with one attached hydrogen (secondary N) is 1. The summed E-state index contributed by atoms with van der Waals surface area (Å²) >= 11 is 0. The van der Waals surface area contributed by atoms with Crippen molar-refractivity contribution < 1.29 is 9.90 Å². The number of aromatic carboxylic acids is 1. The first kappa shape index (κ1) is 18.5. The summed E-state index contributed by atoms with van der Waals surface area (Å²) in [6.07, 6.45) is 1.78. The maximum atomic E-state index is 11.6. The molecule has 3 aromatic rings. The average Bonchev–Trinajstić information content (AvgIpc) is 2.67. The molecule has 0 unspecified atom stereocenters. The van der Waals surface area contributed by atoms with Crippen LogP contribution in [0.25, 0.3) is 0 Å². The van der Waals surface area contributed by atoms with E-state index in [0.29, 0.717) is 5.69 Å². The van der Waals surface area contributed by atoms with Gasteiger partial charge in [-0.05, 0) is 60.4 Å². The van der Waals surface area contributed by atoms with Crippen LogP contribution in [0.2, 0.25) is 0 Å². The summed E-state index contributed by atoms with van der Waals surface area (Å²) in [6.45, 7) is 0. The molecule has 138 valence electrons. The Morgan fingerprint density at radius 3 is 2.19 bits per heavy atom. The minimum atomic E-state index is -0.933. The van der Waals surface area contributed by atoms with Crippen molar-refractivity contribution in [2.75, 3.05) is 24.3 Å². The number of carbonyl (C=O) groups is 1.